The average molecular weight is 449 g/mol. The second-order valence-electron chi connectivity index (χ2n) is 10.1. The Morgan fingerprint density at radius 1 is 1.03 bits per heavy atom. The van der Waals surface area contributed by atoms with Crippen molar-refractivity contribution in [3.63, 3.8) is 0 Å². The molecular formula is C27H36N4O2. The maximum atomic E-state index is 13.0. The normalized spacial score (nSPS) is 21.8. The molecular weight excluding hydrogens is 412 g/mol. The molecule has 2 aromatic rings. The number of carbonyl (C=O) groups is 1. The van der Waals surface area contributed by atoms with E-state index in [4.69, 9.17) is 4.98 Å². The molecule has 1 saturated heterocycles. The van der Waals surface area contributed by atoms with Gasteiger partial charge < -0.3 is 9.88 Å². The highest BCUT2D eigenvalue weighted by molar-refractivity contribution is 5.77. The zero-order valence-corrected chi connectivity index (χ0v) is 19.6. The zero-order chi connectivity index (χ0) is 22.6. The monoisotopic (exact) mass is 448 g/mol. The SMILES string of the molecule is O=C(CCc1ccccc1)N1CCCC1c1nc2c(c(=O)[nH]1)CCN(CC1CCCCC1)C2. The van der Waals surface area contributed by atoms with Gasteiger partial charge in [-0.1, -0.05) is 49.6 Å². The molecule has 1 aliphatic carbocycles. The third-order valence-corrected chi connectivity index (χ3v) is 7.77. The lowest BCUT2D eigenvalue weighted by Gasteiger charge is -2.33. The van der Waals surface area contributed by atoms with E-state index in [-0.39, 0.29) is 17.5 Å². The molecule has 5 rings (SSSR count). The summed E-state index contributed by atoms with van der Waals surface area (Å²) in [5.41, 5.74) is 2.95. The third-order valence-electron chi connectivity index (χ3n) is 7.77. The van der Waals surface area contributed by atoms with Crippen molar-refractivity contribution in [1.29, 1.82) is 0 Å². The molecule has 0 spiro atoms. The lowest BCUT2D eigenvalue weighted by molar-refractivity contribution is -0.132. The van der Waals surface area contributed by atoms with Crippen LogP contribution in [0, 0.1) is 5.92 Å². The fourth-order valence-electron chi connectivity index (χ4n) is 5.95. The standard InChI is InChI=1S/C27H36N4O2/c32-25(14-13-20-8-3-1-4-9-20)31-16-7-12-24(31)26-28-23-19-30(17-15-22(23)27(33)29-26)18-21-10-5-2-6-11-21/h1,3-4,8-9,21,24H,2,5-7,10-19H2,(H,28,29,33). The van der Waals surface area contributed by atoms with Gasteiger partial charge in [0.2, 0.25) is 5.91 Å². The molecule has 1 amide bonds. The number of likely N-dealkylation sites (tertiary alicyclic amines) is 1. The van der Waals surface area contributed by atoms with E-state index in [2.05, 4.69) is 22.0 Å². The highest BCUT2D eigenvalue weighted by atomic mass is 16.2. The Kier molecular flexibility index (Phi) is 6.91. The molecule has 0 bridgehead atoms. The Morgan fingerprint density at radius 3 is 2.67 bits per heavy atom. The number of fused-ring (bicyclic) bond motifs is 1. The van der Waals surface area contributed by atoms with Gasteiger partial charge in [0.25, 0.3) is 5.56 Å². The molecule has 1 aromatic carbocycles. The highest BCUT2D eigenvalue weighted by Crippen LogP contribution is 2.31. The summed E-state index contributed by atoms with van der Waals surface area (Å²) in [5.74, 6) is 1.62. The Hall–Kier alpha value is -2.47. The first kappa shape index (κ1) is 22.3. The van der Waals surface area contributed by atoms with Crippen molar-refractivity contribution in [3.05, 3.63) is 63.3 Å². The van der Waals surface area contributed by atoms with Crippen molar-refractivity contribution in [2.24, 2.45) is 5.92 Å². The molecule has 1 N–H and O–H groups in total. The molecule has 2 aliphatic heterocycles. The first-order chi connectivity index (χ1) is 16.2. The van der Waals surface area contributed by atoms with E-state index in [1.54, 1.807) is 0 Å². The number of hydrogen-bond acceptors (Lipinski definition) is 4. The Labute approximate surface area is 196 Å². The summed E-state index contributed by atoms with van der Waals surface area (Å²) in [4.78, 5) is 38.4. The van der Waals surface area contributed by atoms with E-state index in [0.717, 1.165) is 69.0 Å². The maximum Gasteiger partial charge on any atom is 0.254 e. The minimum absolute atomic E-state index is 0.00380. The van der Waals surface area contributed by atoms with Crippen LogP contribution in [0.2, 0.25) is 0 Å². The molecule has 1 aromatic heterocycles. The van der Waals surface area contributed by atoms with Crippen molar-refractivity contribution in [3.8, 4) is 0 Å². The summed E-state index contributed by atoms with van der Waals surface area (Å²) in [5, 5.41) is 0. The largest absolute Gasteiger partial charge is 0.333 e. The Bertz CT molecular complexity index is 1010. The van der Waals surface area contributed by atoms with Gasteiger partial charge in [0.05, 0.1) is 11.7 Å². The van der Waals surface area contributed by atoms with Crippen LogP contribution in [0.5, 0.6) is 0 Å². The molecule has 3 heterocycles. The summed E-state index contributed by atoms with van der Waals surface area (Å²) < 4.78 is 0. The van der Waals surface area contributed by atoms with Crippen molar-refractivity contribution in [2.45, 2.75) is 76.8 Å². The van der Waals surface area contributed by atoms with Gasteiger partial charge in [-0.25, -0.2) is 4.98 Å². The third kappa shape index (κ3) is 5.21. The van der Waals surface area contributed by atoms with E-state index >= 15 is 0 Å². The van der Waals surface area contributed by atoms with Crippen LogP contribution in [0.1, 0.15) is 80.1 Å². The number of aromatic amines is 1. The van der Waals surface area contributed by atoms with E-state index in [0.29, 0.717) is 12.2 Å². The van der Waals surface area contributed by atoms with Crippen LogP contribution in [0.15, 0.2) is 35.1 Å². The van der Waals surface area contributed by atoms with Gasteiger partial charge in [-0.05, 0) is 50.0 Å². The first-order valence-corrected chi connectivity index (χ1v) is 12.8. The summed E-state index contributed by atoms with van der Waals surface area (Å²) in [6.45, 7) is 3.57. The molecule has 2 fully saturated rings. The van der Waals surface area contributed by atoms with E-state index < -0.39 is 0 Å². The topological polar surface area (TPSA) is 69.3 Å². The van der Waals surface area contributed by atoms with Crippen LogP contribution < -0.4 is 5.56 Å². The number of aromatic nitrogens is 2. The first-order valence-electron chi connectivity index (χ1n) is 12.8. The van der Waals surface area contributed by atoms with Crippen molar-refractivity contribution in [1.82, 2.24) is 19.8 Å². The number of rotatable bonds is 6. The van der Waals surface area contributed by atoms with Gasteiger partial charge >= 0.3 is 0 Å². The highest BCUT2D eigenvalue weighted by Gasteiger charge is 2.33. The van der Waals surface area contributed by atoms with Crippen LogP contribution in [0.4, 0.5) is 0 Å². The van der Waals surface area contributed by atoms with Gasteiger partial charge in [-0.3, -0.25) is 14.5 Å². The van der Waals surface area contributed by atoms with Crippen LogP contribution in [-0.4, -0.2) is 45.3 Å². The van der Waals surface area contributed by atoms with Crippen LogP contribution in [-0.2, 0) is 24.2 Å². The minimum Gasteiger partial charge on any atom is -0.333 e. The van der Waals surface area contributed by atoms with Crippen molar-refractivity contribution >= 4 is 5.91 Å². The number of hydrogen-bond donors (Lipinski definition) is 1. The molecule has 6 nitrogen and oxygen atoms in total. The van der Waals surface area contributed by atoms with E-state index in [1.807, 2.05) is 23.1 Å². The quantitative estimate of drug-likeness (QED) is 0.725. The lowest BCUT2D eigenvalue weighted by atomic mass is 9.88. The van der Waals surface area contributed by atoms with Gasteiger partial charge in [0.1, 0.15) is 5.82 Å². The van der Waals surface area contributed by atoms with Crippen LogP contribution >= 0.6 is 0 Å². The molecule has 1 atom stereocenters. The number of amides is 1. The predicted octanol–water partition coefficient (Wildman–Crippen LogP) is 4.00. The van der Waals surface area contributed by atoms with Crippen LogP contribution in [0.25, 0.3) is 0 Å². The Balaban J connectivity index is 1.27. The molecule has 6 heteroatoms. The van der Waals surface area contributed by atoms with E-state index in [9.17, 15) is 9.59 Å². The molecule has 0 radical (unpaired) electrons. The lowest BCUT2D eigenvalue weighted by Crippen LogP contribution is -2.39. The fraction of sp³-hybridized carbons (Fsp3) is 0.593. The molecule has 3 aliphatic rings. The molecule has 1 saturated carbocycles. The van der Waals surface area contributed by atoms with Gasteiger partial charge in [-0.15, -0.1) is 0 Å². The smallest absolute Gasteiger partial charge is 0.254 e. The second kappa shape index (κ2) is 10.2. The summed E-state index contributed by atoms with van der Waals surface area (Å²) >= 11 is 0. The number of nitrogens with zero attached hydrogens (tertiary/aromatic N) is 3. The summed E-state index contributed by atoms with van der Waals surface area (Å²) in [6, 6.07) is 10.0. The average Bonchev–Trinajstić information content (AvgIpc) is 3.34. The minimum atomic E-state index is -0.111. The number of H-pyrrole nitrogens is 1. The van der Waals surface area contributed by atoms with Crippen molar-refractivity contribution in [2.75, 3.05) is 19.6 Å². The molecule has 176 valence electrons. The number of nitrogens with one attached hydrogen (secondary N) is 1. The van der Waals surface area contributed by atoms with Gasteiger partial charge in [0.15, 0.2) is 0 Å². The number of carbonyl (C=O) groups excluding carboxylic acids is 1. The van der Waals surface area contributed by atoms with E-state index in [1.165, 1.54) is 37.7 Å². The Morgan fingerprint density at radius 2 is 1.85 bits per heavy atom. The fourth-order valence-corrected chi connectivity index (χ4v) is 5.95. The number of benzene rings is 1. The molecule has 33 heavy (non-hydrogen) atoms. The summed E-state index contributed by atoms with van der Waals surface area (Å²) in [7, 11) is 0. The van der Waals surface area contributed by atoms with Gasteiger partial charge in [0, 0.05) is 38.2 Å². The molecule has 1 unspecified atom stereocenters. The number of aryl methyl sites for hydroxylation is 1. The zero-order valence-electron chi connectivity index (χ0n) is 19.6. The van der Waals surface area contributed by atoms with Crippen molar-refractivity contribution < 1.29 is 4.79 Å². The summed E-state index contributed by atoms with van der Waals surface area (Å²) in [6.07, 6.45) is 10.6. The maximum absolute atomic E-state index is 13.0. The van der Waals surface area contributed by atoms with Crippen LogP contribution in [0.3, 0.4) is 0 Å². The second-order valence-corrected chi connectivity index (χ2v) is 10.1. The van der Waals surface area contributed by atoms with Gasteiger partial charge in [-0.2, -0.15) is 0 Å². The predicted molar refractivity (Wildman–Crippen MR) is 129 cm³/mol.